The van der Waals surface area contributed by atoms with Gasteiger partial charge in [-0.1, -0.05) is 38.5 Å². The third kappa shape index (κ3) is 2.54. The van der Waals surface area contributed by atoms with Crippen molar-refractivity contribution in [3.05, 3.63) is 29.8 Å². The van der Waals surface area contributed by atoms with Gasteiger partial charge in [0, 0.05) is 11.6 Å². The van der Waals surface area contributed by atoms with Gasteiger partial charge in [0.15, 0.2) is 0 Å². The van der Waals surface area contributed by atoms with Gasteiger partial charge in [-0.25, -0.2) is 0 Å². The number of hydrogen-bond donors (Lipinski definition) is 1. The Morgan fingerprint density at radius 3 is 2.72 bits per heavy atom. The van der Waals surface area contributed by atoms with Gasteiger partial charge in [-0.05, 0) is 37.2 Å². The van der Waals surface area contributed by atoms with E-state index in [4.69, 9.17) is 10.5 Å². The predicted molar refractivity (Wildman–Crippen MR) is 75.7 cm³/mol. The first-order chi connectivity index (χ1) is 8.56. The van der Waals surface area contributed by atoms with Crippen LogP contribution in [0.5, 0.6) is 5.75 Å². The molecule has 0 bridgehead atoms. The van der Waals surface area contributed by atoms with Crippen LogP contribution >= 0.6 is 0 Å². The third-order valence-electron chi connectivity index (χ3n) is 4.35. The molecule has 2 heteroatoms. The molecule has 1 aromatic rings. The second-order valence-electron chi connectivity index (χ2n) is 5.98. The monoisotopic (exact) mass is 247 g/mol. The molecule has 0 amide bonds. The van der Waals surface area contributed by atoms with Gasteiger partial charge in [0.2, 0.25) is 0 Å². The Morgan fingerprint density at radius 2 is 2.11 bits per heavy atom. The quantitative estimate of drug-likeness (QED) is 0.875. The lowest BCUT2D eigenvalue weighted by atomic mass is 9.75. The molecule has 1 aliphatic carbocycles. The maximum atomic E-state index is 6.53. The Kier molecular flexibility index (Phi) is 3.96. The van der Waals surface area contributed by atoms with Crippen LogP contribution < -0.4 is 10.5 Å². The maximum absolute atomic E-state index is 6.53. The van der Waals surface area contributed by atoms with Crippen LogP contribution in [0.1, 0.15) is 51.6 Å². The molecule has 100 valence electrons. The number of ether oxygens (including phenoxy) is 1. The van der Waals surface area contributed by atoms with E-state index in [0.717, 1.165) is 5.75 Å². The SMILES string of the molecule is CCOc1ccccc1C(N)C1CCCC1(C)C. The fourth-order valence-electron chi connectivity index (χ4n) is 3.28. The molecule has 0 radical (unpaired) electrons. The van der Waals surface area contributed by atoms with Gasteiger partial charge in [0.05, 0.1) is 6.61 Å². The number of para-hydroxylation sites is 1. The molecule has 1 aliphatic rings. The van der Waals surface area contributed by atoms with Crippen LogP contribution in [0.3, 0.4) is 0 Å². The lowest BCUT2D eigenvalue weighted by molar-refractivity contribution is 0.218. The molecule has 0 heterocycles. The molecule has 0 saturated heterocycles. The Hall–Kier alpha value is -1.02. The second kappa shape index (κ2) is 5.31. The minimum Gasteiger partial charge on any atom is -0.494 e. The smallest absolute Gasteiger partial charge is 0.124 e. The zero-order valence-corrected chi connectivity index (χ0v) is 11.8. The van der Waals surface area contributed by atoms with E-state index in [-0.39, 0.29) is 6.04 Å². The van der Waals surface area contributed by atoms with Crippen LogP contribution in [0.2, 0.25) is 0 Å². The van der Waals surface area contributed by atoms with E-state index in [0.29, 0.717) is 17.9 Å². The van der Waals surface area contributed by atoms with E-state index in [1.807, 2.05) is 19.1 Å². The largest absolute Gasteiger partial charge is 0.494 e. The van der Waals surface area contributed by atoms with Gasteiger partial charge in [-0.2, -0.15) is 0 Å². The van der Waals surface area contributed by atoms with Crippen molar-refractivity contribution >= 4 is 0 Å². The molecule has 1 saturated carbocycles. The predicted octanol–water partition coefficient (Wildman–Crippen LogP) is 3.91. The van der Waals surface area contributed by atoms with Crippen molar-refractivity contribution < 1.29 is 4.74 Å². The van der Waals surface area contributed by atoms with Gasteiger partial charge in [-0.3, -0.25) is 0 Å². The van der Waals surface area contributed by atoms with Crippen molar-refractivity contribution in [2.75, 3.05) is 6.61 Å². The molecular formula is C16H25NO. The van der Waals surface area contributed by atoms with Crippen molar-refractivity contribution in [1.29, 1.82) is 0 Å². The summed E-state index contributed by atoms with van der Waals surface area (Å²) >= 11 is 0. The lowest BCUT2D eigenvalue weighted by Gasteiger charge is -2.32. The Labute approximate surface area is 111 Å². The van der Waals surface area contributed by atoms with E-state index in [1.165, 1.54) is 24.8 Å². The lowest BCUT2D eigenvalue weighted by Crippen LogP contribution is -2.29. The summed E-state index contributed by atoms with van der Waals surface area (Å²) in [5, 5.41) is 0. The van der Waals surface area contributed by atoms with Crippen LogP contribution in [0.25, 0.3) is 0 Å². The summed E-state index contributed by atoms with van der Waals surface area (Å²) in [5.41, 5.74) is 8.04. The van der Waals surface area contributed by atoms with Gasteiger partial charge >= 0.3 is 0 Å². The van der Waals surface area contributed by atoms with Crippen LogP contribution in [-0.2, 0) is 0 Å². The molecule has 2 N–H and O–H groups in total. The first kappa shape index (κ1) is 13.4. The summed E-state index contributed by atoms with van der Waals surface area (Å²) in [6.45, 7) is 7.39. The summed E-state index contributed by atoms with van der Waals surface area (Å²) in [5.74, 6) is 1.51. The molecule has 1 aromatic carbocycles. The van der Waals surface area contributed by atoms with Gasteiger partial charge in [0.25, 0.3) is 0 Å². The zero-order valence-electron chi connectivity index (χ0n) is 11.8. The molecule has 18 heavy (non-hydrogen) atoms. The van der Waals surface area contributed by atoms with Crippen molar-refractivity contribution in [1.82, 2.24) is 0 Å². The Bertz CT molecular complexity index is 400. The molecule has 2 rings (SSSR count). The summed E-state index contributed by atoms with van der Waals surface area (Å²) in [4.78, 5) is 0. The number of benzene rings is 1. The van der Waals surface area contributed by atoms with Crippen molar-refractivity contribution in [2.24, 2.45) is 17.1 Å². The van der Waals surface area contributed by atoms with E-state index < -0.39 is 0 Å². The van der Waals surface area contributed by atoms with E-state index in [2.05, 4.69) is 26.0 Å². The maximum Gasteiger partial charge on any atom is 0.124 e. The molecule has 2 atom stereocenters. The zero-order chi connectivity index (χ0) is 13.2. The van der Waals surface area contributed by atoms with Crippen molar-refractivity contribution in [3.63, 3.8) is 0 Å². The standard InChI is InChI=1S/C16H25NO/c1-4-18-14-10-6-5-8-12(14)15(17)13-9-7-11-16(13,2)3/h5-6,8,10,13,15H,4,7,9,11,17H2,1-3H3. The molecule has 2 nitrogen and oxygen atoms in total. The number of nitrogens with two attached hydrogens (primary N) is 1. The van der Waals surface area contributed by atoms with E-state index in [1.54, 1.807) is 0 Å². The summed E-state index contributed by atoms with van der Waals surface area (Å²) in [6.07, 6.45) is 3.80. The number of hydrogen-bond acceptors (Lipinski definition) is 2. The van der Waals surface area contributed by atoms with Crippen molar-refractivity contribution in [2.45, 2.75) is 46.1 Å². The topological polar surface area (TPSA) is 35.2 Å². The number of rotatable bonds is 4. The molecule has 2 unspecified atom stereocenters. The first-order valence-electron chi connectivity index (χ1n) is 7.03. The highest BCUT2D eigenvalue weighted by molar-refractivity contribution is 5.36. The van der Waals surface area contributed by atoms with Gasteiger partial charge in [-0.15, -0.1) is 0 Å². The van der Waals surface area contributed by atoms with Crippen molar-refractivity contribution in [3.8, 4) is 5.75 Å². The Balaban J connectivity index is 2.25. The van der Waals surface area contributed by atoms with Crippen LogP contribution in [0.15, 0.2) is 24.3 Å². The van der Waals surface area contributed by atoms with E-state index in [9.17, 15) is 0 Å². The first-order valence-corrected chi connectivity index (χ1v) is 7.03. The molecule has 0 aromatic heterocycles. The van der Waals surface area contributed by atoms with Gasteiger partial charge < -0.3 is 10.5 Å². The highest BCUT2D eigenvalue weighted by Crippen LogP contribution is 2.48. The summed E-state index contributed by atoms with van der Waals surface area (Å²) < 4.78 is 5.71. The minimum atomic E-state index is 0.0882. The summed E-state index contributed by atoms with van der Waals surface area (Å²) in [7, 11) is 0. The van der Waals surface area contributed by atoms with Crippen LogP contribution in [0.4, 0.5) is 0 Å². The highest BCUT2D eigenvalue weighted by Gasteiger charge is 2.39. The fourth-order valence-corrected chi connectivity index (χ4v) is 3.28. The normalized spacial score (nSPS) is 23.9. The molecule has 0 spiro atoms. The molecular weight excluding hydrogens is 222 g/mol. The Morgan fingerprint density at radius 1 is 1.39 bits per heavy atom. The average Bonchev–Trinajstić information content (AvgIpc) is 2.69. The minimum absolute atomic E-state index is 0.0882. The second-order valence-corrected chi connectivity index (χ2v) is 5.98. The average molecular weight is 247 g/mol. The molecule has 0 aliphatic heterocycles. The van der Waals surface area contributed by atoms with Gasteiger partial charge in [0.1, 0.15) is 5.75 Å². The van der Waals surface area contributed by atoms with Crippen LogP contribution in [0, 0.1) is 11.3 Å². The fraction of sp³-hybridized carbons (Fsp3) is 0.625. The summed E-state index contributed by atoms with van der Waals surface area (Å²) in [6, 6.07) is 8.30. The third-order valence-corrected chi connectivity index (χ3v) is 4.35. The van der Waals surface area contributed by atoms with Crippen LogP contribution in [-0.4, -0.2) is 6.61 Å². The van der Waals surface area contributed by atoms with E-state index >= 15 is 0 Å². The molecule has 1 fully saturated rings. The highest BCUT2D eigenvalue weighted by atomic mass is 16.5.